The average Bonchev–Trinajstić information content (AvgIpc) is 3.40. The lowest BCUT2D eigenvalue weighted by Gasteiger charge is -2.32. The number of piperidine rings is 1. The molecule has 1 saturated heterocycles. The van der Waals surface area contributed by atoms with E-state index in [1.165, 1.54) is 0 Å². The Morgan fingerprint density at radius 2 is 1.77 bits per heavy atom. The molecular formula is C19H27F3N2O2. The molecule has 2 heterocycles. The number of hydrogen-bond acceptors (Lipinski definition) is 4. The van der Waals surface area contributed by atoms with Crippen molar-refractivity contribution in [2.24, 2.45) is 5.92 Å². The molecule has 26 heavy (non-hydrogen) atoms. The Morgan fingerprint density at radius 1 is 1.04 bits per heavy atom. The van der Waals surface area contributed by atoms with E-state index in [9.17, 15) is 13.2 Å². The van der Waals surface area contributed by atoms with Crippen LogP contribution in [0.1, 0.15) is 80.2 Å². The summed E-state index contributed by atoms with van der Waals surface area (Å²) >= 11 is 0. The predicted molar refractivity (Wildman–Crippen MR) is 89.9 cm³/mol. The molecule has 2 aliphatic carbocycles. The van der Waals surface area contributed by atoms with Gasteiger partial charge >= 0.3 is 6.18 Å². The second kappa shape index (κ2) is 7.50. The maximum absolute atomic E-state index is 13.6. The summed E-state index contributed by atoms with van der Waals surface area (Å²) < 4.78 is 52.3. The van der Waals surface area contributed by atoms with E-state index in [1.54, 1.807) is 0 Å². The van der Waals surface area contributed by atoms with Gasteiger partial charge in [0, 0.05) is 17.4 Å². The fourth-order valence-corrected chi connectivity index (χ4v) is 4.45. The van der Waals surface area contributed by atoms with Gasteiger partial charge in [0.05, 0.1) is 24.3 Å². The molecular weight excluding hydrogens is 345 g/mol. The summed E-state index contributed by atoms with van der Waals surface area (Å²) in [7, 11) is 0. The molecule has 3 aliphatic rings. The zero-order valence-electron chi connectivity index (χ0n) is 15.0. The van der Waals surface area contributed by atoms with E-state index in [2.05, 4.69) is 10.5 Å². The maximum atomic E-state index is 13.6. The van der Waals surface area contributed by atoms with Crippen molar-refractivity contribution in [3.8, 4) is 0 Å². The Morgan fingerprint density at radius 3 is 2.46 bits per heavy atom. The summed E-state index contributed by atoms with van der Waals surface area (Å²) in [5.74, 6) is -0.811. The van der Waals surface area contributed by atoms with E-state index in [-0.39, 0.29) is 12.5 Å². The molecule has 0 radical (unpaired) electrons. The lowest BCUT2D eigenvalue weighted by molar-refractivity contribution is -0.187. The minimum atomic E-state index is -4.18. The van der Waals surface area contributed by atoms with Crippen LogP contribution in [-0.4, -0.2) is 30.5 Å². The molecule has 0 spiro atoms. The molecule has 1 aliphatic heterocycles. The van der Waals surface area contributed by atoms with Crippen molar-refractivity contribution in [2.75, 3.05) is 13.1 Å². The van der Waals surface area contributed by atoms with Gasteiger partial charge in [-0.1, -0.05) is 18.0 Å². The molecule has 2 atom stereocenters. The van der Waals surface area contributed by atoms with Crippen molar-refractivity contribution in [3.63, 3.8) is 0 Å². The van der Waals surface area contributed by atoms with Gasteiger partial charge in [0.2, 0.25) is 0 Å². The third kappa shape index (κ3) is 3.93. The molecule has 3 fully saturated rings. The van der Waals surface area contributed by atoms with Gasteiger partial charge in [-0.05, 0) is 51.6 Å². The zero-order chi connectivity index (χ0) is 18.1. The van der Waals surface area contributed by atoms with Gasteiger partial charge in [-0.25, -0.2) is 0 Å². The normalized spacial score (nSPS) is 28.4. The van der Waals surface area contributed by atoms with Gasteiger partial charge < -0.3 is 14.6 Å². The van der Waals surface area contributed by atoms with E-state index in [1.807, 2.05) is 0 Å². The van der Waals surface area contributed by atoms with Crippen molar-refractivity contribution in [1.82, 2.24) is 10.5 Å². The molecule has 1 aromatic heterocycles. The van der Waals surface area contributed by atoms with E-state index in [0.717, 1.165) is 56.5 Å². The first-order valence-corrected chi connectivity index (χ1v) is 9.91. The maximum Gasteiger partial charge on any atom is 0.392 e. The molecule has 146 valence electrons. The Bertz CT molecular complexity index is 606. The summed E-state index contributed by atoms with van der Waals surface area (Å²) in [5, 5.41) is 7.46. The van der Waals surface area contributed by atoms with Gasteiger partial charge in [-0.15, -0.1) is 0 Å². The fraction of sp³-hybridized carbons (Fsp3) is 0.842. The minimum absolute atomic E-state index is 0.163. The first-order valence-electron chi connectivity index (χ1n) is 9.91. The highest BCUT2D eigenvalue weighted by molar-refractivity contribution is 5.31. The van der Waals surface area contributed by atoms with E-state index in [4.69, 9.17) is 9.26 Å². The highest BCUT2D eigenvalue weighted by Crippen LogP contribution is 2.49. The summed E-state index contributed by atoms with van der Waals surface area (Å²) in [6.07, 6.45) is 2.08. The Labute approximate surface area is 151 Å². The van der Waals surface area contributed by atoms with Gasteiger partial charge in [-0.2, -0.15) is 13.2 Å². The quantitative estimate of drug-likeness (QED) is 0.817. The number of ether oxygens (including phenoxy) is 1. The molecule has 0 aromatic carbocycles. The first kappa shape index (κ1) is 18.3. The molecule has 2 saturated carbocycles. The SMILES string of the molecule is FC(F)(F)C1CCCCC1c1noc(C2CC2)c1COC1CCNCC1. The van der Waals surface area contributed by atoms with Crippen LogP contribution in [0.4, 0.5) is 13.2 Å². The highest BCUT2D eigenvalue weighted by atomic mass is 19.4. The van der Waals surface area contributed by atoms with Crippen LogP contribution in [0.5, 0.6) is 0 Å². The number of aromatic nitrogens is 1. The second-order valence-electron chi connectivity index (χ2n) is 7.98. The molecule has 0 amide bonds. The third-order valence-corrected chi connectivity index (χ3v) is 6.08. The number of nitrogens with one attached hydrogen (secondary N) is 1. The Balaban J connectivity index is 1.56. The zero-order valence-corrected chi connectivity index (χ0v) is 15.0. The number of hydrogen-bond donors (Lipinski definition) is 1. The molecule has 4 rings (SSSR count). The summed E-state index contributed by atoms with van der Waals surface area (Å²) in [4.78, 5) is 0. The summed E-state index contributed by atoms with van der Waals surface area (Å²) in [6, 6.07) is 0. The lowest BCUT2D eigenvalue weighted by atomic mass is 9.76. The van der Waals surface area contributed by atoms with Crippen LogP contribution in [0.25, 0.3) is 0 Å². The molecule has 0 bridgehead atoms. The predicted octanol–water partition coefficient (Wildman–Crippen LogP) is 4.66. The largest absolute Gasteiger partial charge is 0.392 e. The van der Waals surface area contributed by atoms with Crippen LogP contribution in [0.15, 0.2) is 4.52 Å². The fourth-order valence-electron chi connectivity index (χ4n) is 4.45. The van der Waals surface area contributed by atoms with Crippen LogP contribution >= 0.6 is 0 Å². The van der Waals surface area contributed by atoms with Gasteiger partial charge in [0.25, 0.3) is 0 Å². The lowest BCUT2D eigenvalue weighted by Crippen LogP contribution is -2.33. The summed E-state index contributed by atoms with van der Waals surface area (Å²) in [5.41, 5.74) is 1.33. The van der Waals surface area contributed by atoms with Crippen LogP contribution in [0, 0.1) is 5.92 Å². The monoisotopic (exact) mass is 372 g/mol. The molecule has 1 aromatic rings. The standard InChI is InChI=1S/C19H27F3N2O2/c20-19(21,22)16-4-2-1-3-14(16)17-15(18(26-24-17)12-5-6-12)11-25-13-7-9-23-10-8-13/h12-14,16,23H,1-11H2. The van der Waals surface area contributed by atoms with Crippen LogP contribution < -0.4 is 5.32 Å². The van der Waals surface area contributed by atoms with Crippen molar-refractivity contribution in [1.29, 1.82) is 0 Å². The Kier molecular flexibility index (Phi) is 5.28. The molecule has 1 N–H and O–H groups in total. The van der Waals surface area contributed by atoms with Crippen molar-refractivity contribution in [2.45, 2.75) is 82.1 Å². The average molecular weight is 372 g/mol. The third-order valence-electron chi connectivity index (χ3n) is 6.08. The molecule has 4 nitrogen and oxygen atoms in total. The van der Waals surface area contributed by atoms with Crippen LogP contribution in [0.3, 0.4) is 0 Å². The van der Waals surface area contributed by atoms with Crippen molar-refractivity contribution < 1.29 is 22.4 Å². The van der Waals surface area contributed by atoms with Crippen molar-refractivity contribution >= 4 is 0 Å². The summed E-state index contributed by atoms with van der Waals surface area (Å²) in [6.45, 7) is 2.18. The topological polar surface area (TPSA) is 47.3 Å². The van der Waals surface area contributed by atoms with Crippen LogP contribution in [-0.2, 0) is 11.3 Å². The van der Waals surface area contributed by atoms with Gasteiger partial charge in [-0.3, -0.25) is 0 Å². The highest BCUT2D eigenvalue weighted by Gasteiger charge is 2.48. The van der Waals surface area contributed by atoms with E-state index in [0.29, 0.717) is 31.1 Å². The number of nitrogens with zero attached hydrogens (tertiary/aromatic N) is 1. The van der Waals surface area contributed by atoms with Crippen molar-refractivity contribution in [3.05, 3.63) is 17.0 Å². The number of halogens is 3. The second-order valence-corrected chi connectivity index (χ2v) is 7.98. The number of rotatable bonds is 5. The molecule has 7 heteroatoms. The first-order chi connectivity index (χ1) is 12.5. The van der Waals surface area contributed by atoms with E-state index < -0.39 is 18.0 Å². The van der Waals surface area contributed by atoms with Gasteiger partial charge in [0.1, 0.15) is 5.76 Å². The minimum Gasteiger partial charge on any atom is -0.373 e. The molecule has 2 unspecified atom stereocenters. The van der Waals surface area contributed by atoms with Gasteiger partial charge in [0.15, 0.2) is 0 Å². The van der Waals surface area contributed by atoms with E-state index >= 15 is 0 Å². The smallest absolute Gasteiger partial charge is 0.373 e. The van der Waals surface area contributed by atoms with Crippen LogP contribution in [0.2, 0.25) is 0 Å². The number of alkyl halides is 3. The Hall–Kier alpha value is -1.08.